The number of carboxylic acids is 1. The monoisotopic (exact) mass is 229 g/mol. The summed E-state index contributed by atoms with van der Waals surface area (Å²) in [4.78, 5) is 23.2. The van der Waals surface area contributed by atoms with Crippen LogP contribution in [0.3, 0.4) is 0 Å². The van der Waals surface area contributed by atoms with E-state index in [1.54, 1.807) is 14.1 Å². The number of thioether (sulfide) groups is 1. The lowest BCUT2D eigenvalue weighted by Gasteiger charge is -2.08. The van der Waals surface area contributed by atoms with E-state index in [9.17, 15) is 9.59 Å². The molecule has 0 saturated heterocycles. The number of nitrogens with zero attached hydrogens (tertiary/aromatic N) is 1. The first-order valence-electron chi connectivity index (χ1n) is 4.17. The number of rotatable bonds is 4. The summed E-state index contributed by atoms with van der Waals surface area (Å²) in [6.07, 6.45) is 0. The number of furan rings is 1. The van der Waals surface area contributed by atoms with Gasteiger partial charge in [0.05, 0.1) is 5.75 Å². The lowest BCUT2D eigenvalue weighted by atomic mass is 10.5. The zero-order chi connectivity index (χ0) is 11.4. The third kappa shape index (κ3) is 3.32. The summed E-state index contributed by atoms with van der Waals surface area (Å²) in [5.74, 6) is -1.04. The molecule has 15 heavy (non-hydrogen) atoms. The van der Waals surface area contributed by atoms with Crippen LogP contribution in [-0.4, -0.2) is 41.7 Å². The Labute approximate surface area is 91.1 Å². The predicted molar refractivity (Wildman–Crippen MR) is 55.1 cm³/mol. The lowest BCUT2D eigenvalue weighted by molar-refractivity contribution is -0.125. The molecular weight excluding hydrogens is 218 g/mol. The Morgan fingerprint density at radius 1 is 1.47 bits per heavy atom. The van der Waals surface area contributed by atoms with Crippen LogP contribution in [0, 0.1) is 0 Å². The van der Waals surface area contributed by atoms with E-state index in [4.69, 9.17) is 9.52 Å². The number of carboxylic acid groups (broad SMARTS) is 1. The number of amides is 1. The van der Waals surface area contributed by atoms with Gasteiger partial charge in [-0.05, 0) is 12.1 Å². The summed E-state index contributed by atoms with van der Waals surface area (Å²) in [5.41, 5.74) is 0. The fraction of sp³-hybridized carbons (Fsp3) is 0.333. The fourth-order valence-electron chi connectivity index (χ4n) is 0.775. The summed E-state index contributed by atoms with van der Waals surface area (Å²) >= 11 is 1.17. The van der Waals surface area contributed by atoms with Crippen LogP contribution in [0.2, 0.25) is 0 Å². The standard InChI is InChI=1S/C9H11NO4S/c1-10(2)7(11)5-15-8-4-3-6(14-8)9(12)13/h3-4H,5H2,1-2H3,(H,12,13). The normalized spacial score (nSPS) is 10.0. The topological polar surface area (TPSA) is 70.8 Å². The molecule has 0 aliphatic heterocycles. The van der Waals surface area contributed by atoms with Crippen LogP contribution in [0.1, 0.15) is 10.6 Å². The van der Waals surface area contributed by atoms with E-state index in [0.717, 1.165) is 0 Å². The van der Waals surface area contributed by atoms with Gasteiger partial charge in [-0.25, -0.2) is 4.79 Å². The summed E-state index contributed by atoms with van der Waals surface area (Å²) in [6, 6.07) is 2.90. The van der Waals surface area contributed by atoms with Gasteiger partial charge in [0, 0.05) is 14.1 Å². The summed E-state index contributed by atoms with van der Waals surface area (Å²) in [6.45, 7) is 0. The van der Waals surface area contributed by atoms with Gasteiger partial charge in [-0.3, -0.25) is 4.79 Å². The first-order valence-corrected chi connectivity index (χ1v) is 5.15. The van der Waals surface area contributed by atoms with Gasteiger partial charge in [0.25, 0.3) is 0 Å². The van der Waals surface area contributed by atoms with Gasteiger partial charge in [0.15, 0.2) is 5.09 Å². The van der Waals surface area contributed by atoms with E-state index in [-0.39, 0.29) is 17.4 Å². The maximum Gasteiger partial charge on any atom is 0.371 e. The smallest absolute Gasteiger partial charge is 0.371 e. The second-order valence-electron chi connectivity index (χ2n) is 3.00. The van der Waals surface area contributed by atoms with Crippen molar-refractivity contribution < 1.29 is 19.1 Å². The van der Waals surface area contributed by atoms with E-state index in [2.05, 4.69) is 0 Å². The Kier molecular flexibility index (Phi) is 3.79. The maximum absolute atomic E-state index is 11.2. The van der Waals surface area contributed by atoms with Crippen molar-refractivity contribution in [2.75, 3.05) is 19.8 Å². The second kappa shape index (κ2) is 4.88. The Bertz CT molecular complexity index is 372. The van der Waals surface area contributed by atoms with Crippen molar-refractivity contribution in [3.8, 4) is 0 Å². The average Bonchev–Trinajstić information content (AvgIpc) is 2.62. The quantitative estimate of drug-likeness (QED) is 0.784. The zero-order valence-electron chi connectivity index (χ0n) is 8.39. The average molecular weight is 229 g/mol. The molecule has 0 aliphatic carbocycles. The first kappa shape index (κ1) is 11.6. The number of hydrogen-bond donors (Lipinski definition) is 1. The van der Waals surface area contributed by atoms with Gasteiger partial charge < -0.3 is 14.4 Å². The molecule has 0 spiro atoms. The van der Waals surface area contributed by atoms with E-state index < -0.39 is 5.97 Å². The molecule has 0 radical (unpaired) electrons. The minimum absolute atomic E-state index is 0.0479. The summed E-state index contributed by atoms with van der Waals surface area (Å²) in [5, 5.41) is 9.02. The Morgan fingerprint density at radius 3 is 2.60 bits per heavy atom. The van der Waals surface area contributed by atoms with Crippen molar-refractivity contribution >= 4 is 23.6 Å². The molecule has 1 aromatic rings. The van der Waals surface area contributed by atoms with Crippen molar-refractivity contribution in [1.29, 1.82) is 0 Å². The third-order valence-corrected chi connectivity index (χ3v) is 2.52. The zero-order valence-corrected chi connectivity index (χ0v) is 9.21. The number of aromatic carboxylic acids is 1. The van der Waals surface area contributed by atoms with Gasteiger partial charge in [0.1, 0.15) is 0 Å². The fourth-order valence-corrected chi connectivity index (χ4v) is 1.61. The molecule has 5 nitrogen and oxygen atoms in total. The highest BCUT2D eigenvalue weighted by Crippen LogP contribution is 2.21. The van der Waals surface area contributed by atoms with Gasteiger partial charge in [-0.2, -0.15) is 0 Å². The number of hydrogen-bond acceptors (Lipinski definition) is 4. The minimum atomic E-state index is -1.11. The van der Waals surface area contributed by atoms with Crippen molar-refractivity contribution in [3.05, 3.63) is 17.9 Å². The molecule has 1 rings (SSSR count). The summed E-state index contributed by atoms with van der Waals surface area (Å²) in [7, 11) is 3.32. The van der Waals surface area contributed by atoms with Crippen LogP contribution >= 0.6 is 11.8 Å². The number of carbonyl (C=O) groups excluding carboxylic acids is 1. The summed E-state index contributed by atoms with van der Waals surface area (Å²) < 4.78 is 4.97. The van der Waals surface area contributed by atoms with Crippen molar-refractivity contribution in [2.45, 2.75) is 5.09 Å². The highest BCUT2D eigenvalue weighted by Gasteiger charge is 2.11. The van der Waals surface area contributed by atoms with E-state index >= 15 is 0 Å². The van der Waals surface area contributed by atoms with Crippen molar-refractivity contribution in [1.82, 2.24) is 4.90 Å². The van der Waals surface area contributed by atoms with Crippen LogP contribution < -0.4 is 0 Å². The Hall–Kier alpha value is -1.43. The van der Waals surface area contributed by atoms with Crippen LogP contribution in [0.15, 0.2) is 21.6 Å². The molecule has 0 fully saturated rings. The molecule has 0 unspecified atom stereocenters. The van der Waals surface area contributed by atoms with Gasteiger partial charge in [-0.15, -0.1) is 0 Å². The minimum Gasteiger partial charge on any atom is -0.475 e. The SMILES string of the molecule is CN(C)C(=O)CSc1ccc(C(=O)O)o1. The molecule has 1 amide bonds. The molecule has 0 bridgehead atoms. The molecule has 6 heteroatoms. The lowest BCUT2D eigenvalue weighted by Crippen LogP contribution is -2.23. The van der Waals surface area contributed by atoms with Crippen LogP contribution in [0.5, 0.6) is 0 Å². The number of carbonyl (C=O) groups is 2. The highest BCUT2D eigenvalue weighted by atomic mass is 32.2. The molecule has 1 aromatic heterocycles. The highest BCUT2D eigenvalue weighted by molar-refractivity contribution is 7.99. The molecule has 82 valence electrons. The molecule has 1 N–H and O–H groups in total. The van der Waals surface area contributed by atoms with Crippen LogP contribution in [0.25, 0.3) is 0 Å². The third-order valence-electron chi connectivity index (χ3n) is 1.63. The molecule has 1 heterocycles. The largest absolute Gasteiger partial charge is 0.475 e. The first-order chi connectivity index (χ1) is 7.00. The van der Waals surface area contributed by atoms with Crippen molar-refractivity contribution in [3.63, 3.8) is 0 Å². The molecule has 0 saturated carbocycles. The van der Waals surface area contributed by atoms with Crippen LogP contribution in [0.4, 0.5) is 0 Å². The molecular formula is C9H11NO4S. The molecule has 0 atom stereocenters. The van der Waals surface area contributed by atoms with Gasteiger partial charge in [-0.1, -0.05) is 11.8 Å². The van der Waals surface area contributed by atoms with Crippen LogP contribution in [-0.2, 0) is 4.79 Å². The Balaban J connectivity index is 2.51. The van der Waals surface area contributed by atoms with Gasteiger partial charge in [0.2, 0.25) is 11.7 Å². The maximum atomic E-state index is 11.2. The predicted octanol–water partition coefficient (Wildman–Crippen LogP) is 1.16. The van der Waals surface area contributed by atoms with Crippen molar-refractivity contribution in [2.24, 2.45) is 0 Å². The van der Waals surface area contributed by atoms with E-state index in [1.165, 1.54) is 28.8 Å². The molecule has 0 aromatic carbocycles. The Morgan fingerprint density at radius 2 is 2.13 bits per heavy atom. The van der Waals surface area contributed by atoms with Gasteiger partial charge >= 0.3 is 5.97 Å². The van der Waals surface area contributed by atoms with E-state index in [1.807, 2.05) is 0 Å². The van der Waals surface area contributed by atoms with E-state index in [0.29, 0.717) is 5.09 Å². The molecule has 0 aliphatic rings. The second-order valence-corrected chi connectivity index (χ2v) is 3.98.